The molecule has 8 heteroatoms. The van der Waals surface area contributed by atoms with Gasteiger partial charge < -0.3 is 14.7 Å². The number of ether oxygens (including phenoxy) is 1. The van der Waals surface area contributed by atoms with Crippen LogP contribution in [0.15, 0.2) is 53.4 Å². The lowest BCUT2D eigenvalue weighted by Crippen LogP contribution is -2.33. The molecule has 0 saturated carbocycles. The van der Waals surface area contributed by atoms with Gasteiger partial charge in [-0.15, -0.1) is 0 Å². The van der Waals surface area contributed by atoms with Gasteiger partial charge in [0.25, 0.3) is 0 Å². The lowest BCUT2D eigenvalue weighted by molar-refractivity contribution is -0.136. The fourth-order valence-corrected chi connectivity index (χ4v) is 5.14. The maximum Gasteiger partial charge on any atom is 0.307 e. The van der Waals surface area contributed by atoms with E-state index in [9.17, 15) is 13.2 Å². The van der Waals surface area contributed by atoms with Crippen molar-refractivity contribution in [3.63, 3.8) is 0 Å². The number of carboxylic acids is 1. The minimum Gasteiger partial charge on any atom is -0.495 e. The van der Waals surface area contributed by atoms with Gasteiger partial charge in [-0.3, -0.25) is 4.79 Å². The molecule has 0 bridgehead atoms. The molecule has 1 heterocycles. The average Bonchev–Trinajstić information content (AvgIpc) is 3.16. The quantitative estimate of drug-likeness (QED) is 0.709. The van der Waals surface area contributed by atoms with E-state index in [1.165, 1.54) is 23.5 Å². The Bertz CT molecular complexity index is 962. The topological polar surface area (TPSA) is 87.1 Å². The predicted molar refractivity (Wildman–Crippen MR) is 111 cm³/mol. The molecule has 3 rings (SSSR count). The van der Waals surface area contributed by atoms with Crippen molar-refractivity contribution in [1.29, 1.82) is 0 Å². The molecule has 0 aromatic heterocycles. The van der Waals surface area contributed by atoms with Gasteiger partial charge >= 0.3 is 5.97 Å². The van der Waals surface area contributed by atoms with Crippen LogP contribution in [0, 0.1) is 5.92 Å². The fourth-order valence-electron chi connectivity index (χ4n) is 3.69. The van der Waals surface area contributed by atoms with E-state index in [1.807, 2.05) is 18.2 Å². The standard InChI is InChI=1S/C21H26N2O5S/c1-22(14-17-10-11-23(15-17)18-6-4-3-5-7-18)29(26,27)20-12-16(13-21(24)25)8-9-19(20)28-2/h3-9,12,17H,10-11,13-15H2,1-2H3,(H,24,25). The fraction of sp³-hybridized carbons (Fsp3) is 0.381. The first kappa shape index (κ1) is 21.1. The van der Waals surface area contributed by atoms with Crippen LogP contribution in [-0.2, 0) is 21.2 Å². The second kappa shape index (κ2) is 8.84. The summed E-state index contributed by atoms with van der Waals surface area (Å²) in [5.41, 5.74) is 1.56. The van der Waals surface area contributed by atoms with E-state index < -0.39 is 16.0 Å². The summed E-state index contributed by atoms with van der Waals surface area (Å²) >= 11 is 0. The van der Waals surface area contributed by atoms with Crippen molar-refractivity contribution in [2.45, 2.75) is 17.7 Å². The van der Waals surface area contributed by atoms with Crippen molar-refractivity contribution in [3.8, 4) is 5.75 Å². The maximum absolute atomic E-state index is 13.2. The number of nitrogens with zero attached hydrogens (tertiary/aromatic N) is 2. The van der Waals surface area contributed by atoms with Crippen LogP contribution in [0.1, 0.15) is 12.0 Å². The number of methoxy groups -OCH3 is 1. The number of para-hydroxylation sites is 1. The van der Waals surface area contributed by atoms with Crippen LogP contribution in [0.5, 0.6) is 5.75 Å². The molecule has 1 fully saturated rings. The van der Waals surface area contributed by atoms with Gasteiger partial charge in [-0.1, -0.05) is 24.3 Å². The molecule has 0 amide bonds. The summed E-state index contributed by atoms with van der Waals surface area (Å²) in [6, 6.07) is 14.5. The summed E-state index contributed by atoms with van der Waals surface area (Å²) in [5.74, 6) is -0.592. The summed E-state index contributed by atoms with van der Waals surface area (Å²) in [6.45, 7) is 2.07. The van der Waals surface area contributed by atoms with Gasteiger partial charge in [-0.2, -0.15) is 0 Å². The minimum atomic E-state index is -3.81. The van der Waals surface area contributed by atoms with Crippen molar-refractivity contribution < 1.29 is 23.1 Å². The van der Waals surface area contributed by atoms with E-state index in [0.29, 0.717) is 12.1 Å². The number of hydrogen-bond acceptors (Lipinski definition) is 5. The highest BCUT2D eigenvalue weighted by Gasteiger charge is 2.30. The van der Waals surface area contributed by atoms with Gasteiger partial charge in [0.05, 0.1) is 13.5 Å². The number of sulfonamides is 1. The van der Waals surface area contributed by atoms with Crippen molar-refractivity contribution in [2.24, 2.45) is 5.92 Å². The second-order valence-corrected chi connectivity index (χ2v) is 9.29. The Morgan fingerprint density at radius 2 is 1.97 bits per heavy atom. The first-order chi connectivity index (χ1) is 13.8. The number of benzene rings is 2. The molecule has 1 atom stereocenters. The van der Waals surface area contributed by atoms with Crippen LogP contribution in [0.2, 0.25) is 0 Å². The van der Waals surface area contributed by atoms with Gasteiger partial charge in [0.15, 0.2) is 0 Å². The predicted octanol–water partition coefficient (Wildman–Crippen LogP) is 2.47. The van der Waals surface area contributed by atoms with E-state index >= 15 is 0 Å². The van der Waals surface area contributed by atoms with Gasteiger partial charge in [0.2, 0.25) is 10.0 Å². The average molecular weight is 419 g/mol. The molecule has 2 aromatic carbocycles. The summed E-state index contributed by atoms with van der Waals surface area (Å²) in [4.78, 5) is 13.3. The zero-order valence-electron chi connectivity index (χ0n) is 16.6. The highest BCUT2D eigenvalue weighted by Crippen LogP contribution is 2.30. The van der Waals surface area contributed by atoms with Gasteiger partial charge in [-0.05, 0) is 42.2 Å². The van der Waals surface area contributed by atoms with E-state index in [0.717, 1.165) is 25.2 Å². The maximum atomic E-state index is 13.2. The summed E-state index contributed by atoms with van der Waals surface area (Å²) in [6.07, 6.45) is 0.663. The normalized spacial score (nSPS) is 16.9. The molecule has 1 unspecified atom stereocenters. The Hall–Kier alpha value is -2.58. The molecule has 0 radical (unpaired) electrons. The minimum absolute atomic E-state index is 0.000776. The Kier molecular flexibility index (Phi) is 6.44. The van der Waals surface area contributed by atoms with Gasteiger partial charge in [0.1, 0.15) is 10.6 Å². The largest absolute Gasteiger partial charge is 0.495 e. The van der Waals surface area contributed by atoms with Gasteiger partial charge in [0, 0.05) is 32.4 Å². The van der Waals surface area contributed by atoms with E-state index in [-0.39, 0.29) is 23.0 Å². The van der Waals surface area contributed by atoms with Crippen LogP contribution in [0.25, 0.3) is 0 Å². The number of hydrogen-bond donors (Lipinski definition) is 1. The molecular formula is C21H26N2O5S. The molecule has 0 spiro atoms. The number of aliphatic carboxylic acids is 1. The van der Waals surface area contributed by atoms with E-state index in [2.05, 4.69) is 17.0 Å². The highest BCUT2D eigenvalue weighted by atomic mass is 32.2. The summed E-state index contributed by atoms with van der Waals surface area (Å²) in [5, 5.41) is 9.01. The monoisotopic (exact) mass is 418 g/mol. The molecular weight excluding hydrogens is 392 g/mol. The number of rotatable bonds is 8. The molecule has 1 saturated heterocycles. The van der Waals surface area contributed by atoms with Gasteiger partial charge in [-0.25, -0.2) is 12.7 Å². The molecule has 0 aliphatic carbocycles. The van der Waals surface area contributed by atoms with Crippen LogP contribution < -0.4 is 9.64 Å². The van der Waals surface area contributed by atoms with Crippen LogP contribution in [-0.4, -0.2) is 57.6 Å². The lowest BCUT2D eigenvalue weighted by atomic mass is 10.1. The molecule has 2 aromatic rings. The Balaban J connectivity index is 1.75. The van der Waals surface area contributed by atoms with Crippen molar-refractivity contribution >= 4 is 21.7 Å². The molecule has 1 N–H and O–H groups in total. The Morgan fingerprint density at radius 1 is 1.24 bits per heavy atom. The van der Waals surface area contributed by atoms with Crippen LogP contribution in [0.3, 0.4) is 0 Å². The van der Waals surface area contributed by atoms with Crippen LogP contribution >= 0.6 is 0 Å². The number of carbonyl (C=O) groups is 1. The molecule has 29 heavy (non-hydrogen) atoms. The summed E-state index contributed by atoms with van der Waals surface area (Å²) in [7, 11) is -0.851. The highest BCUT2D eigenvalue weighted by molar-refractivity contribution is 7.89. The zero-order chi connectivity index (χ0) is 21.0. The Morgan fingerprint density at radius 3 is 2.62 bits per heavy atom. The number of anilines is 1. The first-order valence-corrected chi connectivity index (χ1v) is 10.9. The van der Waals surface area contributed by atoms with Crippen molar-refractivity contribution in [2.75, 3.05) is 38.7 Å². The third-order valence-electron chi connectivity index (χ3n) is 5.19. The molecule has 1 aliphatic rings. The van der Waals surface area contributed by atoms with E-state index in [1.54, 1.807) is 13.1 Å². The first-order valence-electron chi connectivity index (χ1n) is 9.46. The zero-order valence-corrected chi connectivity index (χ0v) is 17.4. The SMILES string of the molecule is COc1ccc(CC(=O)O)cc1S(=O)(=O)N(C)CC1CCN(c2ccccc2)C1. The summed E-state index contributed by atoms with van der Waals surface area (Å²) < 4.78 is 32.9. The Labute approximate surface area is 171 Å². The second-order valence-electron chi connectivity index (χ2n) is 7.28. The third-order valence-corrected chi connectivity index (χ3v) is 7.04. The lowest BCUT2D eigenvalue weighted by Gasteiger charge is -2.23. The third kappa shape index (κ3) is 4.89. The molecule has 156 valence electrons. The van der Waals surface area contributed by atoms with Crippen molar-refractivity contribution in [1.82, 2.24) is 4.31 Å². The number of carboxylic acid groups (broad SMARTS) is 1. The molecule has 1 aliphatic heterocycles. The molecule has 7 nitrogen and oxygen atoms in total. The smallest absolute Gasteiger partial charge is 0.307 e. The van der Waals surface area contributed by atoms with E-state index in [4.69, 9.17) is 9.84 Å². The van der Waals surface area contributed by atoms with Crippen molar-refractivity contribution in [3.05, 3.63) is 54.1 Å². The van der Waals surface area contributed by atoms with Crippen LogP contribution in [0.4, 0.5) is 5.69 Å².